The summed E-state index contributed by atoms with van der Waals surface area (Å²) in [6.07, 6.45) is 3.35. The molecule has 0 saturated heterocycles. The summed E-state index contributed by atoms with van der Waals surface area (Å²) >= 11 is 0. The summed E-state index contributed by atoms with van der Waals surface area (Å²) in [5.41, 5.74) is 0. The highest BCUT2D eigenvalue weighted by molar-refractivity contribution is 5.44. The second-order valence-electron chi connectivity index (χ2n) is 2.71. The molecular formula is C12H28O3. The lowest BCUT2D eigenvalue weighted by Crippen LogP contribution is -2.11. The van der Waals surface area contributed by atoms with Crippen LogP contribution in [0, 0.1) is 0 Å². The Balaban J connectivity index is -0.000000173. The van der Waals surface area contributed by atoms with Gasteiger partial charge in [0.2, 0.25) is 0 Å². The molecule has 0 spiro atoms. The van der Waals surface area contributed by atoms with Crippen LogP contribution in [0.1, 0.15) is 54.4 Å². The number of carbonyl (C=O) groups is 1. The van der Waals surface area contributed by atoms with Crippen molar-refractivity contribution in [3.05, 3.63) is 0 Å². The van der Waals surface area contributed by atoms with Gasteiger partial charge >= 0.3 is 0 Å². The minimum Gasteiger partial charge on any atom is -0.353 e. The molecule has 3 nitrogen and oxygen atoms in total. The van der Waals surface area contributed by atoms with E-state index in [-0.39, 0.29) is 6.29 Å². The molecule has 15 heavy (non-hydrogen) atoms. The smallest absolute Gasteiger partial charge is 0.154 e. The predicted octanol–water partition coefficient (Wildman–Crippen LogP) is 3.42. The number of hydrogen-bond acceptors (Lipinski definition) is 3. The maximum Gasteiger partial charge on any atom is 0.154 e. The molecule has 0 bridgehead atoms. The summed E-state index contributed by atoms with van der Waals surface area (Å²) in [6.45, 7) is 13.1. The van der Waals surface area contributed by atoms with Gasteiger partial charge in [-0.3, -0.25) is 0 Å². The molecule has 0 saturated carbocycles. The van der Waals surface area contributed by atoms with Crippen LogP contribution in [0.3, 0.4) is 0 Å². The number of aldehydes is 1. The van der Waals surface area contributed by atoms with Gasteiger partial charge in [0.25, 0.3) is 0 Å². The van der Waals surface area contributed by atoms with E-state index < -0.39 is 0 Å². The first kappa shape index (κ1) is 20.1. The van der Waals surface area contributed by atoms with Crippen LogP contribution in [0.15, 0.2) is 0 Å². The topological polar surface area (TPSA) is 35.5 Å². The first-order valence-corrected chi connectivity index (χ1v) is 5.77. The minimum atomic E-state index is -0.0370. The summed E-state index contributed by atoms with van der Waals surface area (Å²) < 4.78 is 10.1. The van der Waals surface area contributed by atoms with Crippen LogP contribution in [-0.4, -0.2) is 25.8 Å². The van der Waals surface area contributed by atoms with E-state index in [9.17, 15) is 0 Å². The average molecular weight is 220 g/mol. The Morgan fingerprint density at radius 2 is 1.27 bits per heavy atom. The summed E-state index contributed by atoms with van der Waals surface area (Å²) in [6, 6.07) is 0. The third-order valence-corrected chi connectivity index (χ3v) is 1.30. The summed E-state index contributed by atoms with van der Waals surface area (Å²) in [4.78, 5) is 8.81. The van der Waals surface area contributed by atoms with Gasteiger partial charge in [-0.25, -0.2) is 0 Å². The van der Waals surface area contributed by atoms with Gasteiger partial charge in [0.05, 0.1) is 0 Å². The Hall–Kier alpha value is -0.410. The highest BCUT2D eigenvalue weighted by Gasteiger charge is 1.94. The van der Waals surface area contributed by atoms with Crippen molar-refractivity contribution in [1.82, 2.24) is 0 Å². The summed E-state index contributed by atoms with van der Waals surface area (Å²) in [5.74, 6) is 0. The zero-order chi connectivity index (χ0) is 12.5. The van der Waals surface area contributed by atoms with Crippen LogP contribution in [0.25, 0.3) is 0 Å². The SMILES string of the molecule is CC=O.CCCC.CCOC(C)OCC. The second-order valence-corrected chi connectivity index (χ2v) is 2.71. The van der Waals surface area contributed by atoms with Gasteiger partial charge < -0.3 is 14.3 Å². The lowest BCUT2D eigenvalue weighted by atomic mass is 10.4. The van der Waals surface area contributed by atoms with E-state index >= 15 is 0 Å². The molecule has 0 fully saturated rings. The molecule has 3 heteroatoms. The first-order chi connectivity index (χ1) is 7.14. The fourth-order valence-corrected chi connectivity index (χ4v) is 0.518. The van der Waals surface area contributed by atoms with Crippen LogP contribution in [0.2, 0.25) is 0 Å². The largest absolute Gasteiger partial charge is 0.353 e. The molecule has 0 rings (SSSR count). The summed E-state index contributed by atoms with van der Waals surface area (Å²) in [7, 11) is 0. The average Bonchev–Trinajstić information content (AvgIpc) is 2.20. The van der Waals surface area contributed by atoms with E-state index in [1.54, 1.807) is 0 Å². The molecule has 0 radical (unpaired) electrons. The maximum absolute atomic E-state index is 8.81. The van der Waals surface area contributed by atoms with Crippen molar-refractivity contribution >= 4 is 6.29 Å². The van der Waals surface area contributed by atoms with Crippen LogP contribution in [0.5, 0.6) is 0 Å². The van der Waals surface area contributed by atoms with Crippen molar-refractivity contribution < 1.29 is 14.3 Å². The van der Waals surface area contributed by atoms with Crippen LogP contribution in [-0.2, 0) is 14.3 Å². The first-order valence-electron chi connectivity index (χ1n) is 5.77. The van der Waals surface area contributed by atoms with Crippen molar-refractivity contribution in [2.75, 3.05) is 13.2 Å². The van der Waals surface area contributed by atoms with Crippen LogP contribution < -0.4 is 0 Å². The molecule has 0 aromatic carbocycles. The third kappa shape index (κ3) is 42.0. The molecular weight excluding hydrogens is 192 g/mol. The van der Waals surface area contributed by atoms with Gasteiger partial charge in [-0.15, -0.1) is 0 Å². The Labute approximate surface area is 95.2 Å². The van der Waals surface area contributed by atoms with Gasteiger partial charge in [-0.05, 0) is 27.7 Å². The van der Waals surface area contributed by atoms with Crippen molar-refractivity contribution in [3.8, 4) is 0 Å². The molecule has 94 valence electrons. The summed E-state index contributed by atoms with van der Waals surface area (Å²) in [5, 5.41) is 0. The molecule has 0 aromatic heterocycles. The number of rotatable bonds is 5. The van der Waals surface area contributed by atoms with Gasteiger partial charge in [0.15, 0.2) is 6.29 Å². The monoisotopic (exact) mass is 220 g/mol. The van der Waals surface area contributed by atoms with E-state index in [4.69, 9.17) is 14.3 Å². The molecule has 0 N–H and O–H groups in total. The van der Waals surface area contributed by atoms with Gasteiger partial charge in [0, 0.05) is 13.2 Å². The predicted molar refractivity (Wildman–Crippen MR) is 65.0 cm³/mol. The Morgan fingerprint density at radius 3 is 1.40 bits per heavy atom. The van der Waals surface area contributed by atoms with E-state index in [0.29, 0.717) is 0 Å². The number of ether oxygens (including phenoxy) is 2. The fraction of sp³-hybridized carbons (Fsp3) is 0.917. The molecule has 0 amide bonds. The zero-order valence-corrected chi connectivity index (χ0v) is 11.2. The highest BCUT2D eigenvalue weighted by atomic mass is 16.7. The normalized spacial score (nSPS) is 8.47. The molecule has 0 aliphatic rings. The molecule has 0 heterocycles. The van der Waals surface area contributed by atoms with Crippen LogP contribution in [0.4, 0.5) is 0 Å². The lowest BCUT2D eigenvalue weighted by Gasteiger charge is -2.09. The number of carbonyl (C=O) groups excluding carboxylic acids is 1. The minimum absolute atomic E-state index is 0.0370. The van der Waals surface area contributed by atoms with Gasteiger partial charge in [0.1, 0.15) is 6.29 Å². The second kappa shape index (κ2) is 23.4. The van der Waals surface area contributed by atoms with E-state index in [2.05, 4.69) is 13.8 Å². The van der Waals surface area contributed by atoms with Crippen molar-refractivity contribution in [3.63, 3.8) is 0 Å². The Kier molecular flexibility index (Phi) is 31.3. The molecule has 0 unspecified atom stereocenters. The molecule has 0 aliphatic heterocycles. The third-order valence-electron chi connectivity index (χ3n) is 1.30. The molecule has 0 aliphatic carbocycles. The van der Waals surface area contributed by atoms with Crippen LogP contribution >= 0.6 is 0 Å². The van der Waals surface area contributed by atoms with Crippen molar-refractivity contribution in [2.45, 2.75) is 60.7 Å². The van der Waals surface area contributed by atoms with Gasteiger partial charge in [-0.1, -0.05) is 26.7 Å². The van der Waals surface area contributed by atoms with E-state index in [1.165, 1.54) is 19.8 Å². The Bertz CT molecular complexity index is 86.9. The number of unbranched alkanes of at least 4 members (excludes halogenated alkanes) is 1. The Morgan fingerprint density at radius 1 is 1.00 bits per heavy atom. The van der Waals surface area contributed by atoms with E-state index in [0.717, 1.165) is 19.5 Å². The zero-order valence-electron chi connectivity index (χ0n) is 11.2. The molecule has 0 atom stereocenters. The number of hydrogen-bond donors (Lipinski definition) is 0. The maximum atomic E-state index is 8.81. The molecule has 0 aromatic rings. The van der Waals surface area contributed by atoms with Crippen molar-refractivity contribution in [2.24, 2.45) is 0 Å². The standard InChI is InChI=1S/C6H14O2.C4H10.C2H4O/c1-4-7-6(3)8-5-2;1-3-4-2;1-2-3/h6H,4-5H2,1-3H3;3-4H2,1-2H3;2H,1H3. The highest BCUT2D eigenvalue weighted by Crippen LogP contribution is 1.90. The lowest BCUT2D eigenvalue weighted by molar-refractivity contribution is -0.123. The fourth-order valence-electron chi connectivity index (χ4n) is 0.518. The quantitative estimate of drug-likeness (QED) is 0.526. The van der Waals surface area contributed by atoms with E-state index in [1.807, 2.05) is 20.8 Å². The van der Waals surface area contributed by atoms with Crippen molar-refractivity contribution in [1.29, 1.82) is 0 Å². The van der Waals surface area contributed by atoms with Gasteiger partial charge in [-0.2, -0.15) is 0 Å².